The van der Waals surface area contributed by atoms with Gasteiger partial charge in [-0.3, -0.25) is 4.79 Å². The Morgan fingerprint density at radius 2 is 1.29 bits per heavy atom. The van der Waals surface area contributed by atoms with Crippen molar-refractivity contribution in [2.45, 2.75) is 13.1 Å². The number of amides is 1. The van der Waals surface area contributed by atoms with Crippen LogP contribution in [0.15, 0.2) is 91.3 Å². The molecule has 0 aliphatic carbocycles. The number of fused-ring (bicyclic) bond motifs is 2. The van der Waals surface area contributed by atoms with E-state index in [-0.39, 0.29) is 12.5 Å². The van der Waals surface area contributed by atoms with Crippen LogP contribution in [0.3, 0.4) is 0 Å². The fraction of sp³-hybridized carbons (Fsp3) is 0.115. The van der Waals surface area contributed by atoms with Gasteiger partial charge in [0.1, 0.15) is 5.75 Å². The highest BCUT2D eigenvalue weighted by molar-refractivity contribution is 5.85. The monoisotopic (exact) mass is 409 g/mol. The predicted molar refractivity (Wildman–Crippen MR) is 123 cm³/mol. The first-order valence-electron chi connectivity index (χ1n) is 10.3. The fourth-order valence-electron chi connectivity index (χ4n) is 3.97. The third-order valence-corrected chi connectivity index (χ3v) is 5.55. The number of rotatable bonds is 7. The van der Waals surface area contributed by atoms with Gasteiger partial charge in [0.2, 0.25) is 0 Å². The molecule has 0 unspecified atom stereocenters. The highest BCUT2D eigenvalue weighted by Crippen LogP contribution is 2.23. The third kappa shape index (κ3) is 4.03. The summed E-state index contributed by atoms with van der Waals surface area (Å²) in [6, 6.07) is 25.8. The van der Waals surface area contributed by atoms with Crippen molar-refractivity contribution in [1.82, 2.24) is 14.9 Å². The third-order valence-electron chi connectivity index (χ3n) is 5.55. The molecule has 2 N–H and O–H groups in total. The summed E-state index contributed by atoms with van der Waals surface area (Å²) < 4.78 is 5.77. The van der Waals surface area contributed by atoms with Gasteiger partial charge in [0.15, 0.2) is 6.61 Å². The lowest BCUT2D eigenvalue weighted by atomic mass is 10.1. The summed E-state index contributed by atoms with van der Waals surface area (Å²) in [4.78, 5) is 21.6. The topological polar surface area (TPSA) is 61.1 Å². The van der Waals surface area contributed by atoms with Crippen molar-refractivity contribution in [2.24, 2.45) is 0 Å². The maximum atomic E-state index is 13.3. The maximum Gasteiger partial charge on any atom is 0.261 e. The maximum absolute atomic E-state index is 13.3. The number of benzene rings is 3. The zero-order valence-electron chi connectivity index (χ0n) is 17.0. The molecule has 0 atom stereocenters. The highest BCUT2D eigenvalue weighted by Gasteiger charge is 2.18. The number of carbonyl (C=O) groups is 1. The van der Waals surface area contributed by atoms with Crippen molar-refractivity contribution in [2.75, 3.05) is 6.61 Å². The van der Waals surface area contributed by atoms with Crippen molar-refractivity contribution in [3.63, 3.8) is 0 Å². The van der Waals surface area contributed by atoms with E-state index >= 15 is 0 Å². The first-order valence-corrected chi connectivity index (χ1v) is 10.3. The van der Waals surface area contributed by atoms with Crippen LogP contribution in [0.25, 0.3) is 21.8 Å². The van der Waals surface area contributed by atoms with Gasteiger partial charge in [-0.2, -0.15) is 0 Å². The van der Waals surface area contributed by atoms with E-state index in [0.717, 1.165) is 32.9 Å². The van der Waals surface area contributed by atoms with Crippen LogP contribution in [-0.4, -0.2) is 27.4 Å². The number of carbonyl (C=O) groups excluding carboxylic acids is 1. The molecule has 154 valence electrons. The van der Waals surface area contributed by atoms with Crippen LogP contribution >= 0.6 is 0 Å². The van der Waals surface area contributed by atoms with E-state index in [1.807, 2.05) is 71.9 Å². The summed E-state index contributed by atoms with van der Waals surface area (Å²) in [5, 5.41) is 2.26. The van der Waals surface area contributed by atoms with E-state index in [1.54, 1.807) is 0 Å². The molecular weight excluding hydrogens is 386 g/mol. The number of aromatic nitrogens is 2. The van der Waals surface area contributed by atoms with Crippen LogP contribution < -0.4 is 4.74 Å². The molecule has 5 heteroatoms. The Morgan fingerprint density at radius 1 is 0.710 bits per heavy atom. The van der Waals surface area contributed by atoms with Crippen LogP contribution in [0.2, 0.25) is 0 Å². The number of para-hydroxylation sites is 1. The summed E-state index contributed by atoms with van der Waals surface area (Å²) in [6.07, 6.45) is 3.86. The Labute approximate surface area is 180 Å². The molecule has 0 spiro atoms. The van der Waals surface area contributed by atoms with Crippen LogP contribution in [-0.2, 0) is 17.9 Å². The smallest absolute Gasteiger partial charge is 0.261 e. The molecular formula is C26H23N3O2. The molecule has 0 aliphatic heterocycles. The van der Waals surface area contributed by atoms with E-state index in [9.17, 15) is 4.79 Å². The molecule has 0 fully saturated rings. The van der Waals surface area contributed by atoms with E-state index in [1.165, 1.54) is 0 Å². The van der Waals surface area contributed by atoms with Crippen LogP contribution in [0.1, 0.15) is 11.1 Å². The minimum absolute atomic E-state index is 0.00373. The molecule has 2 aromatic heterocycles. The number of hydrogen-bond donors (Lipinski definition) is 2. The Hall–Kier alpha value is -3.99. The normalized spacial score (nSPS) is 11.1. The first kappa shape index (κ1) is 19.0. The molecule has 0 bridgehead atoms. The molecule has 0 saturated carbocycles. The van der Waals surface area contributed by atoms with Gasteiger partial charge >= 0.3 is 0 Å². The van der Waals surface area contributed by atoms with E-state index in [2.05, 4.69) is 34.2 Å². The molecule has 31 heavy (non-hydrogen) atoms. The van der Waals surface area contributed by atoms with Crippen molar-refractivity contribution < 1.29 is 9.53 Å². The number of H-pyrrole nitrogens is 2. The van der Waals surface area contributed by atoms with Gasteiger partial charge < -0.3 is 19.6 Å². The minimum atomic E-state index is -0.0519. The van der Waals surface area contributed by atoms with Gasteiger partial charge in [-0.15, -0.1) is 0 Å². The lowest BCUT2D eigenvalue weighted by Crippen LogP contribution is -2.34. The Bertz CT molecular complexity index is 1240. The molecule has 0 aliphatic rings. The highest BCUT2D eigenvalue weighted by atomic mass is 16.5. The zero-order valence-corrected chi connectivity index (χ0v) is 17.0. The second-order valence-electron chi connectivity index (χ2n) is 7.56. The van der Waals surface area contributed by atoms with E-state index in [4.69, 9.17) is 4.74 Å². The average molecular weight is 409 g/mol. The van der Waals surface area contributed by atoms with Crippen LogP contribution in [0.5, 0.6) is 5.75 Å². The van der Waals surface area contributed by atoms with Gasteiger partial charge in [0, 0.05) is 47.3 Å². The van der Waals surface area contributed by atoms with Crippen LogP contribution in [0.4, 0.5) is 0 Å². The lowest BCUT2D eigenvalue weighted by molar-refractivity contribution is -0.134. The number of hydrogen-bond acceptors (Lipinski definition) is 2. The first-order chi connectivity index (χ1) is 15.3. The summed E-state index contributed by atoms with van der Waals surface area (Å²) >= 11 is 0. The number of aromatic amines is 2. The fourth-order valence-corrected chi connectivity index (χ4v) is 3.97. The average Bonchev–Trinajstić information content (AvgIpc) is 3.48. The molecule has 5 aromatic rings. The molecule has 0 saturated heterocycles. The second-order valence-corrected chi connectivity index (χ2v) is 7.56. The van der Waals surface area contributed by atoms with Gasteiger partial charge in [0.25, 0.3) is 5.91 Å². The summed E-state index contributed by atoms with van der Waals surface area (Å²) in [6.45, 7) is 1.01. The molecule has 5 rings (SSSR count). The molecule has 2 heterocycles. The van der Waals surface area contributed by atoms with Crippen molar-refractivity contribution in [1.29, 1.82) is 0 Å². The zero-order chi connectivity index (χ0) is 21.0. The Morgan fingerprint density at radius 3 is 1.87 bits per heavy atom. The molecule has 5 nitrogen and oxygen atoms in total. The molecule has 1 amide bonds. The van der Waals surface area contributed by atoms with Crippen molar-refractivity contribution >= 4 is 27.7 Å². The largest absolute Gasteiger partial charge is 0.484 e. The SMILES string of the molecule is O=C(COc1ccccc1)N(Cc1cccc2[nH]ccc12)Cc1cccc2[nH]ccc12. The minimum Gasteiger partial charge on any atom is -0.484 e. The quantitative estimate of drug-likeness (QED) is 0.385. The standard InChI is InChI=1S/C26H23N3O2/c30-26(18-31-21-8-2-1-3-9-21)29(16-19-6-4-10-24-22(19)12-14-27-24)17-20-7-5-11-25-23(20)13-15-28-25/h1-15,27-28H,16-18H2. The summed E-state index contributed by atoms with van der Waals surface area (Å²) in [5.41, 5.74) is 4.34. The van der Waals surface area contributed by atoms with Crippen LogP contribution in [0, 0.1) is 0 Å². The molecule has 3 aromatic carbocycles. The van der Waals surface area contributed by atoms with E-state index in [0.29, 0.717) is 18.8 Å². The summed E-state index contributed by atoms with van der Waals surface area (Å²) in [5.74, 6) is 0.639. The van der Waals surface area contributed by atoms with Gasteiger partial charge in [-0.25, -0.2) is 0 Å². The Balaban J connectivity index is 1.43. The lowest BCUT2D eigenvalue weighted by Gasteiger charge is -2.24. The van der Waals surface area contributed by atoms with Crippen molar-refractivity contribution in [3.8, 4) is 5.75 Å². The predicted octanol–water partition coefficient (Wildman–Crippen LogP) is 5.26. The number of nitrogens with one attached hydrogen (secondary N) is 2. The Kier molecular flexibility index (Phi) is 5.15. The molecule has 0 radical (unpaired) electrons. The second kappa shape index (κ2) is 8.40. The van der Waals surface area contributed by atoms with Gasteiger partial charge in [0.05, 0.1) is 0 Å². The van der Waals surface area contributed by atoms with Crippen molar-refractivity contribution in [3.05, 3.63) is 102 Å². The number of ether oxygens (including phenoxy) is 1. The van der Waals surface area contributed by atoms with Gasteiger partial charge in [-0.1, -0.05) is 42.5 Å². The van der Waals surface area contributed by atoms with E-state index < -0.39 is 0 Å². The summed E-state index contributed by atoms with van der Waals surface area (Å²) in [7, 11) is 0. The number of nitrogens with zero attached hydrogens (tertiary/aromatic N) is 1. The van der Waals surface area contributed by atoms with Gasteiger partial charge in [-0.05, 0) is 47.5 Å².